The largest absolute Gasteiger partial charge is 0.465 e. The molecule has 0 unspecified atom stereocenters. The Morgan fingerprint density at radius 2 is 2.21 bits per heavy atom. The lowest BCUT2D eigenvalue weighted by Gasteiger charge is -2.20. The molecule has 5 heteroatoms. The number of nitrogens with one attached hydrogen (secondary N) is 1. The minimum atomic E-state index is -2.59. The van der Waals surface area contributed by atoms with E-state index in [0.717, 1.165) is 0 Å². The van der Waals surface area contributed by atoms with Crippen LogP contribution in [0.4, 0.5) is 0 Å². The number of rotatable bonds is 4. The molecule has 0 heterocycles. The number of hydrogen-bond acceptors (Lipinski definition) is 3. The van der Waals surface area contributed by atoms with Gasteiger partial charge in [0.1, 0.15) is 6.04 Å². The molecule has 0 aliphatic rings. The van der Waals surface area contributed by atoms with Crippen LogP contribution in [0.15, 0.2) is 0 Å². The first-order valence-electron chi connectivity index (χ1n) is 5.84. The number of carbonyl (C=O) groups excluding carboxylic acids is 1. The van der Waals surface area contributed by atoms with E-state index in [4.69, 9.17) is 4.11 Å². The molecule has 0 aromatic rings. The highest BCUT2D eigenvalue weighted by atomic mass is 32.2. The van der Waals surface area contributed by atoms with Crippen molar-refractivity contribution in [3.05, 3.63) is 0 Å². The van der Waals surface area contributed by atoms with Gasteiger partial charge in [-0.2, -0.15) is 0 Å². The molecule has 0 amide bonds. The molecule has 4 nitrogen and oxygen atoms in total. The van der Waals surface area contributed by atoms with Crippen LogP contribution in [0.1, 0.15) is 38.7 Å². The SMILES string of the molecule is [2H]C([2H])([2H])[C@@H](N[S@](=O)C(C)(C)C)C(=O)OCC. The summed E-state index contributed by atoms with van der Waals surface area (Å²) in [6.45, 7) is 4.10. The summed E-state index contributed by atoms with van der Waals surface area (Å²) in [4.78, 5) is 11.5. The molecular formula is C9H19NO3S. The minimum absolute atomic E-state index is 0.0786. The Morgan fingerprint density at radius 1 is 1.64 bits per heavy atom. The normalized spacial score (nSPS) is 20.1. The van der Waals surface area contributed by atoms with Crippen LogP contribution in [0.5, 0.6) is 0 Å². The molecule has 0 bridgehead atoms. The molecule has 0 fully saturated rings. The fourth-order valence-electron chi connectivity index (χ4n) is 0.558. The van der Waals surface area contributed by atoms with E-state index in [2.05, 4.69) is 9.46 Å². The van der Waals surface area contributed by atoms with E-state index in [1.807, 2.05) is 0 Å². The molecule has 14 heavy (non-hydrogen) atoms. The van der Waals surface area contributed by atoms with Crippen molar-refractivity contribution in [1.29, 1.82) is 0 Å². The fourth-order valence-corrected chi connectivity index (χ4v) is 1.22. The van der Waals surface area contributed by atoms with Crippen LogP contribution in [-0.4, -0.2) is 27.6 Å². The van der Waals surface area contributed by atoms with Crippen molar-refractivity contribution in [2.45, 2.75) is 45.3 Å². The zero-order valence-corrected chi connectivity index (χ0v) is 9.73. The fraction of sp³-hybridized carbons (Fsp3) is 0.889. The topological polar surface area (TPSA) is 55.4 Å². The minimum Gasteiger partial charge on any atom is -0.465 e. The first kappa shape index (κ1) is 8.85. The van der Waals surface area contributed by atoms with E-state index in [-0.39, 0.29) is 6.61 Å². The second-order valence-electron chi connectivity index (χ2n) is 3.68. The zero-order chi connectivity index (χ0) is 13.9. The molecule has 0 rings (SSSR count). The Hall–Kier alpha value is -0.420. The van der Waals surface area contributed by atoms with Crippen molar-refractivity contribution in [2.24, 2.45) is 0 Å². The van der Waals surface area contributed by atoms with E-state index in [1.54, 1.807) is 27.7 Å². The van der Waals surface area contributed by atoms with Gasteiger partial charge in [0.05, 0.1) is 22.3 Å². The highest BCUT2D eigenvalue weighted by Crippen LogP contribution is 2.09. The lowest BCUT2D eigenvalue weighted by Crippen LogP contribution is -2.42. The lowest BCUT2D eigenvalue weighted by molar-refractivity contribution is -0.144. The Kier molecular flexibility index (Phi) is 3.45. The Bertz CT molecular complexity index is 299. The predicted octanol–water partition coefficient (Wildman–Crippen LogP) is 0.990. The molecule has 0 aromatic heterocycles. The second-order valence-corrected chi connectivity index (χ2v) is 5.68. The van der Waals surface area contributed by atoms with Gasteiger partial charge >= 0.3 is 5.97 Å². The van der Waals surface area contributed by atoms with Gasteiger partial charge in [0.2, 0.25) is 0 Å². The first-order valence-corrected chi connectivity index (χ1v) is 5.49. The summed E-state index contributed by atoms with van der Waals surface area (Å²) < 4.78 is 39.8. The van der Waals surface area contributed by atoms with Crippen LogP contribution < -0.4 is 4.72 Å². The molecule has 0 aliphatic heterocycles. The van der Waals surface area contributed by atoms with Crippen molar-refractivity contribution in [1.82, 2.24) is 4.72 Å². The first-order chi connectivity index (χ1) is 7.50. The average molecular weight is 224 g/mol. The number of carbonyl (C=O) groups is 1. The number of hydrogen-bond donors (Lipinski definition) is 1. The van der Waals surface area contributed by atoms with Crippen LogP contribution in [0, 0.1) is 0 Å². The van der Waals surface area contributed by atoms with Gasteiger partial charge in [-0.3, -0.25) is 4.79 Å². The number of ether oxygens (including phenoxy) is 1. The van der Waals surface area contributed by atoms with Gasteiger partial charge in [-0.25, -0.2) is 8.93 Å². The number of esters is 1. The maximum atomic E-state index is 11.8. The molecule has 1 N–H and O–H groups in total. The van der Waals surface area contributed by atoms with Crippen molar-refractivity contribution >= 4 is 17.0 Å². The zero-order valence-electron chi connectivity index (χ0n) is 11.9. The second kappa shape index (κ2) is 5.46. The molecule has 0 radical (unpaired) electrons. The molecular weight excluding hydrogens is 202 g/mol. The van der Waals surface area contributed by atoms with Gasteiger partial charge in [-0.1, -0.05) is 0 Å². The monoisotopic (exact) mass is 224 g/mol. The molecule has 84 valence electrons. The van der Waals surface area contributed by atoms with Crippen molar-refractivity contribution in [2.75, 3.05) is 6.61 Å². The van der Waals surface area contributed by atoms with E-state index < -0.39 is 34.6 Å². The highest BCUT2D eigenvalue weighted by molar-refractivity contribution is 7.84. The van der Waals surface area contributed by atoms with Gasteiger partial charge in [-0.05, 0) is 34.5 Å². The molecule has 0 spiro atoms. The van der Waals surface area contributed by atoms with Crippen LogP contribution in [0.2, 0.25) is 0 Å². The predicted molar refractivity (Wildman–Crippen MR) is 57.1 cm³/mol. The van der Waals surface area contributed by atoms with E-state index in [0.29, 0.717) is 0 Å². The van der Waals surface area contributed by atoms with Crippen LogP contribution in [-0.2, 0) is 20.5 Å². The van der Waals surface area contributed by atoms with Crippen LogP contribution >= 0.6 is 0 Å². The molecule has 0 aromatic carbocycles. The average Bonchev–Trinajstić information content (AvgIpc) is 2.10. The van der Waals surface area contributed by atoms with Crippen LogP contribution in [0.3, 0.4) is 0 Å². The van der Waals surface area contributed by atoms with Crippen molar-refractivity contribution in [3.8, 4) is 0 Å². The van der Waals surface area contributed by atoms with Crippen molar-refractivity contribution in [3.63, 3.8) is 0 Å². The lowest BCUT2D eigenvalue weighted by atomic mass is 10.3. The standard InChI is InChI=1S/C9H19NO3S/c1-6-13-8(11)7(2)10-14(12)9(3,4)5/h7,10H,6H2,1-5H3/t7-,14-/m1/s1/i2D3. The third-order valence-corrected chi connectivity index (χ3v) is 2.87. The third kappa shape index (κ3) is 4.72. The van der Waals surface area contributed by atoms with Crippen molar-refractivity contribution < 1.29 is 17.9 Å². The smallest absolute Gasteiger partial charge is 0.323 e. The molecule has 0 saturated heterocycles. The maximum absolute atomic E-state index is 11.8. The van der Waals surface area contributed by atoms with E-state index in [1.165, 1.54) is 0 Å². The molecule has 2 atom stereocenters. The summed E-state index contributed by atoms with van der Waals surface area (Å²) in [6, 6.07) is -1.57. The summed E-state index contributed by atoms with van der Waals surface area (Å²) in [5, 5.41) is 0. The summed E-state index contributed by atoms with van der Waals surface area (Å²) in [5.74, 6) is -0.912. The summed E-state index contributed by atoms with van der Waals surface area (Å²) in [5.41, 5.74) is 0. The maximum Gasteiger partial charge on any atom is 0.323 e. The van der Waals surface area contributed by atoms with Gasteiger partial charge in [0.15, 0.2) is 0 Å². The van der Waals surface area contributed by atoms with E-state index in [9.17, 15) is 9.00 Å². The molecule has 0 saturated carbocycles. The quantitative estimate of drug-likeness (QED) is 0.725. The van der Waals surface area contributed by atoms with Gasteiger partial charge in [0, 0.05) is 4.11 Å². The highest BCUT2D eigenvalue weighted by Gasteiger charge is 2.24. The van der Waals surface area contributed by atoms with Gasteiger partial charge in [0.25, 0.3) is 0 Å². The Morgan fingerprint density at radius 3 is 2.57 bits per heavy atom. The van der Waals surface area contributed by atoms with Crippen LogP contribution in [0.25, 0.3) is 0 Å². The summed E-state index contributed by atoms with van der Waals surface area (Å²) in [7, 11) is -1.65. The molecule has 0 aliphatic carbocycles. The van der Waals surface area contributed by atoms with E-state index >= 15 is 0 Å². The Balaban J connectivity index is 4.86. The van der Waals surface area contributed by atoms with Gasteiger partial charge < -0.3 is 4.74 Å². The summed E-state index contributed by atoms with van der Waals surface area (Å²) in [6.07, 6.45) is 0. The van der Waals surface area contributed by atoms with Gasteiger partial charge in [-0.15, -0.1) is 0 Å². The third-order valence-electron chi connectivity index (χ3n) is 1.30. The summed E-state index contributed by atoms with van der Waals surface area (Å²) >= 11 is 0. The Labute approximate surface area is 92.2 Å².